The number of rotatable bonds is 7. The molecule has 0 saturated carbocycles. The van der Waals surface area contributed by atoms with Crippen molar-refractivity contribution in [2.75, 3.05) is 13.2 Å². The molecule has 0 bridgehead atoms. The second-order valence-electron chi connectivity index (χ2n) is 3.93. The van der Waals surface area contributed by atoms with Gasteiger partial charge in [-0.2, -0.15) is 13.2 Å². The van der Waals surface area contributed by atoms with Crippen molar-refractivity contribution < 1.29 is 27.4 Å². The highest BCUT2D eigenvalue weighted by molar-refractivity contribution is 5.71. The largest absolute Gasteiger partial charge is 0.481 e. The smallest absolute Gasteiger partial charge is 0.419 e. The van der Waals surface area contributed by atoms with E-state index in [1.807, 2.05) is 0 Å². The summed E-state index contributed by atoms with van der Waals surface area (Å²) in [5, 5.41) is 0. The SMILES string of the molecule is C=CCCCOC(=O)COc1ccccc1C(F)(F)F. The van der Waals surface area contributed by atoms with E-state index in [2.05, 4.69) is 6.58 Å². The van der Waals surface area contributed by atoms with Crippen LogP contribution < -0.4 is 4.74 Å². The van der Waals surface area contributed by atoms with E-state index in [9.17, 15) is 18.0 Å². The molecule has 0 aromatic heterocycles. The molecule has 0 unspecified atom stereocenters. The molecule has 0 saturated heterocycles. The molecule has 1 aromatic rings. The first-order valence-corrected chi connectivity index (χ1v) is 6.00. The van der Waals surface area contributed by atoms with Gasteiger partial charge in [-0.05, 0) is 25.0 Å². The molecule has 0 amide bonds. The van der Waals surface area contributed by atoms with Crippen LogP contribution in [0.4, 0.5) is 13.2 Å². The number of halogens is 3. The predicted molar refractivity (Wildman–Crippen MR) is 67.3 cm³/mol. The maximum atomic E-state index is 12.7. The number of hydrogen-bond donors (Lipinski definition) is 0. The summed E-state index contributed by atoms with van der Waals surface area (Å²) in [5.41, 5.74) is -0.917. The standard InChI is InChI=1S/C14H15F3O3/c1-2-3-6-9-19-13(18)10-20-12-8-5-4-7-11(12)14(15,16)17/h2,4-5,7-8H,1,3,6,9-10H2. The number of hydrogen-bond acceptors (Lipinski definition) is 3. The van der Waals surface area contributed by atoms with Crippen molar-refractivity contribution in [3.8, 4) is 5.75 Å². The molecule has 6 heteroatoms. The second-order valence-corrected chi connectivity index (χ2v) is 3.93. The summed E-state index contributed by atoms with van der Waals surface area (Å²) in [7, 11) is 0. The first-order valence-electron chi connectivity index (χ1n) is 6.00. The predicted octanol–water partition coefficient (Wildman–Crippen LogP) is 3.59. The Morgan fingerprint density at radius 2 is 2.00 bits per heavy atom. The number of para-hydroxylation sites is 1. The number of alkyl halides is 3. The van der Waals surface area contributed by atoms with Crippen molar-refractivity contribution in [2.45, 2.75) is 19.0 Å². The fraction of sp³-hybridized carbons (Fsp3) is 0.357. The van der Waals surface area contributed by atoms with Crippen LogP contribution in [0.1, 0.15) is 18.4 Å². The van der Waals surface area contributed by atoms with Gasteiger partial charge in [-0.3, -0.25) is 0 Å². The fourth-order valence-electron chi connectivity index (χ4n) is 1.42. The molecule has 0 N–H and O–H groups in total. The Morgan fingerprint density at radius 1 is 1.30 bits per heavy atom. The minimum Gasteiger partial charge on any atom is -0.481 e. The van der Waals surface area contributed by atoms with E-state index < -0.39 is 24.3 Å². The second kappa shape index (κ2) is 7.57. The summed E-state index contributed by atoms with van der Waals surface area (Å²) < 4.78 is 47.6. The van der Waals surface area contributed by atoms with E-state index in [-0.39, 0.29) is 12.4 Å². The molecule has 0 atom stereocenters. The third-order valence-electron chi connectivity index (χ3n) is 2.35. The number of benzene rings is 1. The Kier molecular flexibility index (Phi) is 6.09. The zero-order valence-corrected chi connectivity index (χ0v) is 10.8. The molecule has 0 spiro atoms. The molecule has 0 aliphatic heterocycles. The normalized spacial score (nSPS) is 10.9. The molecule has 0 aliphatic rings. The van der Waals surface area contributed by atoms with Crippen molar-refractivity contribution in [1.82, 2.24) is 0 Å². The summed E-state index contributed by atoms with van der Waals surface area (Å²) in [6, 6.07) is 4.71. The average Bonchev–Trinajstić information content (AvgIpc) is 2.40. The van der Waals surface area contributed by atoms with E-state index in [0.29, 0.717) is 12.8 Å². The van der Waals surface area contributed by atoms with Gasteiger partial charge in [0.25, 0.3) is 0 Å². The Hall–Kier alpha value is -1.98. The third-order valence-corrected chi connectivity index (χ3v) is 2.35. The number of esters is 1. The zero-order chi connectivity index (χ0) is 15.0. The molecule has 1 rings (SSSR count). The van der Waals surface area contributed by atoms with Gasteiger partial charge in [0.1, 0.15) is 5.75 Å². The lowest BCUT2D eigenvalue weighted by molar-refractivity contribution is -0.148. The van der Waals surface area contributed by atoms with Gasteiger partial charge in [-0.15, -0.1) is 6.58 Å². The van der Waals surface area contributed by atoms with Gasteiger partial charge < -0.3 is 9.47 Å². The Labute approximate surface area is 115 Å². The number of ether oxygens (including phenoxy) is 2. The number of carbonyl (C=O) groups excluding carboxylic acids is 1. The lowest BCUT2D eigenvalue weighted by Gasteiger charge is -2.13. The fourth-order valence-corrected chi connectivity index (χ4v) is 1.42. The number of allylic oxidation sites excluding steroid dienone is 1. The topological polar surface area (TPSA) is 35.5 Å². The Morgan fingerprint density at radius 3 is 2.65 bits per heavy atom. The van der Waals surface area contributed by atoms with Crippen LogP contribution in [-0.2, 0) is 15.7 Å². The summed E-state index contributed by atoms with van der Waals surface area (Å²) >= 11 is 0. The van der Waals surface area contributed by atoms with Crippen LogP contribution in [-0.4, -0.2) is 19.2 Å². The van der Waals surface area contributed by atoms with Gasteiger partial charge in [-0.1, -0.05) is 18.2 Å². The summed E-state index contributed by atoms with van der Waals surface area (Å²) in [5.74, 6) is -1.09. The van der Waals surface area contributed by atoms with Crippen LogP contribution in [0, 0.1) is 0 Å². The lowest BCUT2D eigenvalue weighted by atomic mass is 10.2. The highest BCUT2D eigenvalue weighted by atomic mass is 19.4. The molecule has 3 nitrogen and oxygen atoms in total. The van der Waals surface area contributed by atoms with Gasteiger partial charge in [0.15, 0.2) is 6.61 Å². The van der Waals surface area contributed by atoms with Gasteiger partial charge >= 0.3 is 12.1 Å². The van der Waals surface area contributed by atoms with Crippen molar-refractivity contribution in [3.05, 3.63) is 42.5 Å². The van der Waals surface area contributed by atoms with Gasteiger partial charge in [0.05, 0.1) is 12.2 Å². The zero-order valence-electron chi connectivity index (χ0n) is 10.8. The molecule has 0 radical (unpaired) electrons. The van der Waals surface area contributed by atoms with E-state index in [1.54, 1.807) is 6.08 Å². The van der Waals surface area contributed by atoms with Crippen LogP contribution >= 0.6 is 0 Å². The van der Waals surface area contributed by atoms with E-state index in [4.69, 9.17) is 9.47 Å². The van der Waals surface area contributed by atoms with E-state index in [0.717, 1.165) is 12.1 Å². The maximum Gasteiger partial charge on any atom is 0.419 e. The lowest BCUT2D eigenvalue weighted by Crippen LogP contribution is -2.17. The Bertz CT molecular complexity index is 455. The third kappa shape index (κ3) is 5.34. The molecule has 0 heterocycles. The maximum absolute atomic E-state index is 12.7. The van der Waals surface area contributed by atoms with E-state index in [1.165, 1.54) is 12.1 Å². The monoisotopic (exact) mass is 288 g/mol. The van der Waals surface area contributed by atoms with Crippen LogP contribution in [0.15, 0.2) is 36.9 Å². The molecule has 0 fully saturated rings. The summed E-state index contributed by atoms with van der Waals surface area (Å²) in [6.07, 6.45) is -1.52. The quantitative estimate of drug-likeness (QED) is 0.437. The summed E-state index contributed by atoms with van der Waals surface area (Å²) in [4.78, 5) is 11.3. The minimum atomic E-state index is -4.52. The van der Waals surface area contributed by atoms with Crippen molar-refractivity contribution in [1.29, 1.82) is 0 Å². The molecule has 0 aliphatic carbocycles. The first-order chi connectivity index (χ1) is 9.45. The minimum absolute atomic E-state index is 0.190. The van der Waals surface area contributed by atoms with Crippen molar-refractivity contribution in [3.63, 3.8) is 0 Å². The molecular weight excluding hydrogens is 273 g/mol. The molecule has 20 heavy (non-hydrogen) atoms. The van der Waals surface area contributed by atoms with Gasteiger partial charge in [-0.25, -0.2) is 4.79 Å². The first kappa shape index (κ1) is 16.1. The van der Waals surface area contributed by atoms with Gasteiger partial charge in [0, 0.05) is 0 Å². The number of carbonyl (C=O) groups is 1. The highest BCUT2D eigenvalue weighted by Crippen LogP contribution is 2.35. The van der Waals surface area contributed by atoms with Gasteiger partial charge in [0.2, 0.25) is 0 Å². The highest BCUT2D eigenvalue weighted by Gasteiger charge is 2.34. The Balaban J connectivity index is 2.49. The molecule has 110 valence electrons. The van der Waals surface area contributed by atoms with Crippen LogP contribution in [0.3, 0.4) is 0 Å². The van der Waals surface area contributed by atoms with Crippen LogP contribution in [0.2, 0.25) is 0 Å². The number of unbranched alkanes of at least 4 members (excludes halogenated alkanes) is 1. The van der Waals surface area contributed by atoms with E-state index >= 15 is 0 Å². The van der Waals surface area contributed by atoms with Crippen LogP contribution in [0.5, 0.6) is 5.75 Å². The molecular formula is C14H15F3O3. The van der Waals surface area contributed by atoms with Crippen LogP contribution in [0.25, 0.3) is 0 Å². The molecule has 1 aromatic carbocycles. The average molecular weight is 288 g/mol. The van der Waals surface area contributed by atoms with Crippen molar-refractivity contribution >= 4 is 5.97 Å². The summed E-state index contributed by atoms with van der Waals surface area (Å²) in [6.45, 7) is 3.15. The van der Waals surface area contributed by atoms with Crippen molar-refractivity contribution in [2.24, 2.45) is 0 Å².